The first-order valence-electron chi connectivity index (χ1n) is 10.2. The third kappa shape index (κ3) is 14.8. The molecule has 1 N–H and O–H groups in total. The maximum Gasteiger partial charge on any atom is 0.407 e. The molecule has 0 saturated heterocycles. The van der Waals surface area contributed by atoms with Gasteiger partial charge in [0.15, 0.2) is 0 Å². The third-order valence-electron chi connectivity index (χ3n) is 4.35. The van der Waals surface area contributed by atoms with Gasteiger partial charge in [-0.2, -0.15) is 0 Å². The van der Waals surface area contributed by atoms with Gasteiger partial charge in [0.05, 0.1) is 13.7 Å². The Labute approximate surface area is 154 Å². The zero-order chi connectivity index (χ0) is 18.8. The topological polar surface area (TPSA) is 64.6 Å². The molecule has 0 fully saturated rings. The lowest BCUT2D eigenvalue weighted by molar-refractivity contribution is -0.146. The summed E-state index contributed by atoms with van der Waals surface area (Å²) in [5.74, 6) is -0.352. The van der Waals surface area contributed by atoms with Gasteiger partial charge in [-0.25, -0.2) is 9.59 Å². The molecule has 5 heteroatoms. The van der Waals surface area contributed by atoms with Crippen LogP contribution in [-0.4, -0.2) is 31.8 Å². The van der Waals surface area contributed by atoms with E-state index < -0.39 is 12.1 Å². The van der Waals surface area contributed by atoms with Gasteiger partial charge in [0.1, 0.15) is 6.04 Å². The largest absolute Gasteiger partial charge is 0.464 e. The zero-order valence-corrected chi connectivity index (χ0v) is 16.6. The van der Waals surface area contributed by atoms with Crippen LogP contribution in [0.4, 0.5) is 4.79 Å². The van der Waals surface area contributed by atoms with Gasteiger partial charge >= 0.3 is 12.1 Å². The first-order chi connectivity index (χ1) is 12.2. The van der Waals surface area contributed by atoms with Crippen LogP contribution in [0.1, 0.15) is 97.3 Å². The van der Waals surface area contributed by atoms with E-state index in [0.717, 1.165) is 25.7 Å². The summed E-state index contributed by atoms with van der Waals surface area (Å²) in [6.07, 6.45) is 14.3. The summed E-state index contributed by atoms with van der Waals surface area (Å²) < 4.78 is 9.87. The van der Waals surface area contributed by atoms with Crippen molar-refractivity contribution in [3.05, 3.63) is 0 Å². The number of nitrogens with one attached hydrogen (secondary N) is 1. The molecule has 1 amide bonds. The molecule has 148 valence electrons. The van der Waals surface area contributed by atoms with Gasteiger partial charge in [-0.15, -0.1) is 0 Å². The molecule has 0 aromatic heterocycles. The maximum atomic E-state index is 12.1. The Morgan fingerprint density at radius 1 is 0.800 bits per heavy atom. The second kappa shape index (κ2) is 17.6. The van der Waals surface area contributed by atoms with E-state index in [1.807, 2.05) is 6.92 Å². The molecular weight excluding hydrogens is 318 g/mol. The standard InChI is InChI=1S/C20H39NO4/c1-4-6-8-9-10-11-12-13-14-15-17-25-19(22)18(16-7-5-2)21-20(23)24-3/h18H,4-17H2,1-3H3,(H,21,23). The summed E-state index contributed by atoms with van der Waals surface area (Å²) in [5.41, 5.74) is 0. The molecule has 0 bridgehead atoms. The summed E-state index contributed by atoms with van der Waals surface area (Å²) in [6.45, 7) is 4.72. The maximum absolute atomic E-state index is 12.1. The first-order valence-corrected chi connectivity index (χ1v) is 10.2. The third-order valence-corrected chi connectivity index (χ3v) is 4.35. The number of esters is 1. The van der Waals surface area contributed by atoms with E-state index in [1.165, 1.54) is 58.5 Å². The van der Waals surface area contributed by atoms with Gasteiger partial charge in [-0.05, 0) is 12.8 Å². The molecule has 0 aromatic carbocycles. The van der Waals surface area contributed by atoms with Crippen molar-refractivity contribution in [2.75, 3.05) is 13.7 Å². The predicted octanol–water partition coefficient (Wildman–Crippen LogP) is 5.37. The van der Waals surface area contributed by atoms with Gasteiger partial charge in [-0.3, -0.25) is 0 Å². The van der Waals surface area contributed by atoms with Gasteiger partial charge in [0.2, 0.25) is 0 Å². The smallest absolute Gasteiger partial charge is 0.407 e. The second-order valence-electron chi connectivity index (χ2n) is 6.68. The minimum absolute atomic E-state index is 0.352. The number of ether oxygens (including phenoxy) is 2. The molecule has 5 nitrogen and oxygen atoms in total. The highest BCUT2D eigenvalue weighted by molar-refractivity contribution is 5.81. The number of amides is 1. The van der Waals surface area contributed by atoms with Crippen molar-refractivity contribution in [3.63, 3.8) is 0 Å². The molecule has 0 aromatic rings. The van der Waals surface area contributed by atoms with Crippen LogP contribution in [0.25, 0.3) is 0 Å². The lowest BCUT2D eigenvalue weighted by Gasteiger charge is -2.16. The van der Waals surface area contributed by atoms with Crippen LogP contribution < -0.4 is 5.32 Å². The highest BCUT2D eigenvalue weighted by Gasteiger charge is 2.21. The number of carbonyl (C=O) groups is 2. The average molecular weight is 358 g/mol. The average Bonchev–Trinajstić information content (AvgIpc) is 2.62. The summed E-state index contributed by atoms with van der Waals surface area (Å²) in [7, 11) is 1.29. The van der Waals surface area contributed by atoms with E-state index >= 15 is 0 Å². The van der Waals surface area contributed by atoms with Gasteiger partial charge in [0.25, 0.3) is 0 Å². The van der Waals surface area contributed by atoms with Crippen molar-refractivity contribution in [3.8, 4) is 0 Å². The number of hydrogen-bond acceptors (Lipinski definition) is 4. The number of rotatable bonds is 16. The zero-order valence-electron chi connectivity index (χ0n) is 16.6. The SMILES string of the molecule is CCCCCCCCCCCCOC(=O)C(CCCC)NC(=O)OC. The van der Waals surface area contributed by atoms with E-state index in [-0.39, 0.29) is 5.97 Å². The van der Waals surface area contributed by atoms with Gasteiger partial charge in [0, 0.05) is 0 Å². The molecule has 0 spiro atoms. The molecule has 0 rings (SSSR count). The van der Waals surface area contributed by atoms with Crippen LogP contribution in [0.5, 0.6) is 0 Å². The normalized spacial score (nSPS) is 11.8. The van der Waals surface area contributed by atoms with E-state index in [9.17, 15) is 9.59 Å². The van der Waals surface area contributed by atoms with Crippen LogP contribution in [0.3, 0.4) is 0 Å². The first kappa shape index (κ1) is 23.7. The fraction of sp³-hybridized carbons (Fsp3) is 0.900. The minimum Gasteiger partial charge on any atom is -0.464 e. The molecule has 0 aliphatic rings. The van der Waals surface area contributed by atoms with Crippen LogP contribution in [-0.2, 0) is 14.3 Å². The fourth-order valence-electron chi connectivity index (χ4n) is 2.72. The molecular formula is C20H39NO4. The quantitative estimate of drug-likeness (QED) is 0.298. The molecule has 0 aliphatic carbocycles. The Kier molecular flexibility index (Phi) is 16.7. The van der Waals surface area contributed by atoms with E-state index in [0.29, 0.717) is 13.0 Å². The van der Waals surface area contributed by atoms with Crippen LogP contribution in [0.2, 0.25) is 0 Å². The van der Waals surface area contributed by atoms with Crippen molar-refractivity contribution in [2.45, 2.75) is 103 Å². The van der Waals surface area contributed by atoms with Crippen molar-refractivity contribution in [1.29, 1.82) is 0 Å². The second-order valence-corrected chi connectivity index (χ2v) is 6.68. The summed E-state index contributed by atoms with van der Waals surface area (Å²) in [4.78, 5) is 23.4. The van der Waals surface area contributed by atoms with Crippen molar-refractivity contribution in [1.82, 2.24) is 5.32 Å². The molecule has 1 unspecified atom stereocenters. The lowest BCUT2D eigenvalue weighted by Crippen LogP contribution is -2.41. The number of methoxy groups -OCH3 is 1. The van der Waals surface area contributed by atoms with Crippen molar-refractivity contribution < 1.29 is 19.1 Å². The summed E-state index contributed by atoms with van der Waals surface area (Å²) in [6, 6.07) is -0.601. The monoisotopic (exact) mass is 357 g/mol. The lowest BCUT2D eigenvalue weighted by atomic mass is 10.1. The van der Waals surface area contributed by atoms with Gasteiger partial charge in [-0.1, -0.05) is 84.5 Å². The van der Waals surface area contributed by atoms with Crippen molar-refractivity contribution in [2.24, 2.45) is 0 Å². The molecule has 1 atom stereocenters. The Bertz CT molecular complexity index is 334. The number of unbranched alkanes of at least 4 members (excludes halogenated alkanes) is 10. The predicted molar refractivity (Wildman–Crippen MR) is 102 cm³/mol. The van der Waals surface area contributed by atoms with E-state index in [1.54, 1.807) is 0 Å². The van der Waals surface area contributed by atoms with Crippen LogP contribution >= 0.6 is 0 Å². The van der Waals surface area contributed by atoms with Crippen molar-refractivity contribution >= 4 is 12.1 Å². The number of carbonyl (C=O) groups excluding carboxylic acids is 2. The van der Waals surface area contributed by atoms with Gasteiger partial charge < -0.3 is 14.8 Å². The summed E-state index contributed by atoms with van der Waals surface area (Å²) >= 11 is 0. The number of alkyl carbamates (subject to hydrolysis) is 1. The Morgan fingerprint density at radius 3 is 1.84 bits per heavy atom. The fourth-order valence-corrected chi connectivity index (χ4v) is 2.72. The highest BCUT2D eigenvalue weighted by Crippen LogP contribution is 2.11. The highest BCUT2D eigenvalue weighted by atomic mass is 16.5. The Hall–Kier alpha value is -1.26. The molecule has 0 aliphatic heterocycles. The Morgan fingerprint density at radius 2 is 1.32 bits per heavy atom. The molecule has 0 radical (unpaired) electrons. The molecule has 25 heavy (non-hydrogen) atoms. The molecule has 0 saturated carbocycles. The Balaban J connectivity index is 3.68. The number of hydrogen-bond donors (Lipinski definition) is 1. The minimum atomic E-state index is -0.601. The summed E-state index contributed by atoms with van der Waals surface area (Å²) in [5, 5.41) is 2.56. The van der Waals surface area contributed by atoms with E-state index in [2.05, 4.69) is 17.0 Å². The van der Waals surface area contributed by atoms with Crippen LogP contribution in [0.15, 0.2) is 0 Å². The molecule has 0 heterocycles. The van der Waals surface area contributed by atoms with Crippen LogP contribution in [0, 0.1) is 0 Å². The van der Waals surface area contributed by atoms with E-state index in [4.69, 9.17) is 4.74 Å².